The average Bonchev–Trinajstić information content (AvgIpc) is 3.81. The molecule has 306 valence electrons. The van der Waals surface area contributed by atoms with Gasteiger partial charge in [0.1, 0.15) is 5.60 Å². The van der Waals surface area contributed by atoms with Gasteiger partial charge in [0.2, 0.25) is 0 Å². The number of aliphatic hydroxyl groups excluding tert-OH is 3. The Labute approximate surface area is 337 Å². The van der Waals surface area contributed by atoms with Gasteiger partial charge in [0.25, 0.3) is 0 Å². The number of aromatic amines is 2. The number of ether oxygens (including phenoxy) is 1. The van der Waals surface area contributed by atoms with Crippen molar-refractivity contribution < 1.29 is 28.8 Å². The molecule has 8 heteroatoms. The summed E-state index contributed by atoms with van der Waals surface area (Å²) in [5.74, 6) is -0.979. The molecule has 0 aliphatic carbocycles. The monoisotopic (exact) mass is 780 g/mol. The standard InChI is InChI=1S/C24H31NO2.C23H25F2NO2.C2H6/c1-4-17(10-12-26)23-20(11-13-27)22-15-19(16(2)3)14-21(24(22)25-23)18-8-6-5-7-9-18;1-3-14-11-16(15-5-6-19(24)20(25)13-15)12-18-17-7-10-28-23(4-2,8-9-27)22(17)26-21(14)18;1-2/h5-9,14-17,25-27H,4,10-13H2,1-3H3;5-6,11-13,26-27H,3-4,7-10H2,1-2H3;1-2H3. The maximum absolute atomic E-state index is 13.8. The number of aromatic nitrogens is 2. The molecule has 0 saturated carbocycles. The molecule has 1 aliphatic heterocycles. The minimum Gasteiger partial charge on any atom is -0.396 e. The fourth-order valence-corrected chi connectivity index (χ4v) is 8.46. The molecule has 57 heavy (non-hydrogen) atoms. The first-order valence-electron chi connectivity index (χ1n) is 21.0. The summed E-state index contributed by atoms with van der Waals surface area (Å²) < 4.78 is 33.3. The summed E-state index contributed by atoms with van der Waals surface area (Å²) in [5.41, 5.74) is 12.7. The second kappa shape index (κ2) is 19.9. The van der Waals surface area contributed by atoms with E-state index >= 15 is 0 Å². The van der Waals surface area contributed by atoms with Crippen LogP contribution in [0.1, 0.15) is 120 Å². The minimum atomic E-state index is -0.840. The minimum absolute atomic E-state index is 0.0589. The zero-order valence-corrected chi connectivity index (χ0v) is 34.9. The predicted molar refractivity (Wildman–Crippen MR) is 231 cm³/mol. The molecule has 6 aromatic rings. The van der Waals surface area contributed by atoms with Gasteiger partial charge in [-0.3, -0.25) is 0 Å². The summed E-state index contributed by atoms with van der Waals surface area (Å²) in [4.78, 5) is 7.29. The number of nitrogens with one attached hydrogen (secondary N) is 2. The molecule has 1 aliphatic rings. The molecule has 7 rings (SSSR count). The van der Waals surface area contributed by atoms with E-state index in [4.69, 9.17) is 4.74 Å². The molecule has 2 unspecified atom stereocenters. The summed E-state index contributed by atoms with van der Waals surface area (Å²) in [5, 5.41) is 31.1. The maximum Gasteiger partial charge on any atom is 0.159 e. The van der Waals surface area contributed by atoms with Gasteiger partial charge in [0.05, 0.1) is 17.8 Å². The van der Waals surface area contributed by atoms with Crippen LogP contribution in [-0.4, -0.2) is 51.7 Å². The molecule has 5 N–H and O–H groups in total. The van der Waals surface area contributed by atoms with Crippen molar-refractivity contribution in [2.45, 2.75) is 111 Å². The summed E-state index contributed by atoms with van der Waals surface area (Å²) in [6, 6.07) is 23.2. The predicted octanol–water partition coefficient (Wildman–Crippen LogP) is 11.6. The quantitative estimate of drug-likeness (QED) is 0.0805. The fraction of sp³-hybridized carbons (Fsp3) is 0.429. The van der Waals surface area contributed by atoms with Crippen molar-refractivity contribution in [3.8, 4) is 22.3 Å². The third kappa shape index (κ3) is 9.05. The van der Waals surface area contributed by atoms with Gasteiger partial charge in [0.15, 0.2) is 11.6 Å². The van der Waals surface area contributed by atoms with Crippen LogP contribution in [0.3, 0.4) is 0 Å². The normalized spacial score (nSPS) is 15.6. The van der Waals surface area contributed by atoms with Crippen molar-refractivity contribution in [3.63, 3.8) is 0 Å². The largest absolute Gasteiger partial charge is 0.396 e. The topological polar surface area (TPSA) is 102 Å². The molecule has 4 aromatic carbocycles. The van der Waals surface area contributed by atoms with Gasteiger partial charge in [-0.05, 0) is 120 Å². The molecule has 0 radical (unpaired) electrons. The zero-order valence-electron chi connectivity index (χ0n) is 34.9. The van der Waals surface area contributed by atoms with E-state index in [0.29, 0.717) is 30.9 Å². The summed E-state index contributed by atoms with van der Waals surface area (Å²) in [6.07, 6.45) is 5.24. The molecule has 3 heterocycles. The summed E-state index contributed by atoms with van der Waals surface area (Å²) >= 11 is 0. The van der Waals surface area contributed by atoms with Gasteiger partial charge in [-0.1, -0.05) is 84.9 Å². The van der Waals surface area contributed by atoms with E-state index < -0.39 is 17.2 Å². The number of fused-ring (bicyclic) bond motifs is 4. The fourth-order valence-electron chi connectivity index (χ4n) is 8.46. The van der Waals surface area contributed by atoms with E-state index in [-0.39, 0.29) is 25.7 Å². The highest BCUT2D eigenvalue weighted by Gasteiger charge is 2.38. The lowest BCUT2D eigenvalue weighted by atomic mass is 9.86. The van der Waals surface area contributed by atoms with Crippen molar-refractivity contribution in [1.82, 2.24) is 9.97 Å². The van der Waals surface area contributed by atoms with Crippen LogP contribution in [0.25, 0.3) is 44.1 Å². The molecule has 0 fully saturated rings. The van der Waals surface area contributed by atoms with E-state index in [0.717, 1.165) is 65.3 Å². The third-order valence-corrected chi connectivity index (χ3v) is 11.6. The number of halogens is 2. The van der Waals surface area contributed by atoms with Crippen LogP contribution in [0.15, 0.2) is 72.8 Å². The first kappa shape index (κ1) is 43.8. The molecule has 0 bridgehead atoms. The van der Waals surface area contributed by atoms with Crippen molar-refractivity contribution >= 4 is 21.8 Å². The van der Waals surface area contributed by atoms with E-state index in [1.165, 1.54) is 51.0 Å². The lowest BCUT2D eigenvalue weighted by molar-refractivity contribution is -0.0795. The molecular formula is C49H62F2N2O4. The van der Waals surface area contributed by atoms with Crippen LogP contribution >= 0.6 is 0 Å². The number of aliphatic hydroxyl groups is 3. The smallest absolute Gasteiger partial charge is 0.159 e. The average molecular weight is 781 g/mol. The lowest BCUT2D eigenvalue weighted by Crippen LogP contribution is -2.36. The van der Waals surface area contributed by atoms with Crippen LogP contribution < -0.4 is 0 Å². The van der Waals surface area contributed by atoms with Crippen LogP contribution in [-0.2, 0) is 29.6 Å². The van der Waals surface area contributed by atoms with Crippen molar-refractivity contribution in [1.29, 1.82) is 0 Å². The Balaban J connectivity index is 0.000000209. The van der Waals surface area contributed by atoms with Gasteiger partial charge in [-0.25, -0.2) is 8.78 Å². The highest BCUT2D eigenvalue weighted by molar-refractivity contribution is 5.98. The van der Waals surface area contributed by atoms with Crippen molar-refractivity contribution in [2.24, 2.45) is 0 Å². The Hall–Kier alpha value is -4.34. The number of benzene rings is 4. The van der Waals surface area contributed by atoms with Gasteiger partial charge < -0.3 is 30.0 Å². The SMILES string of the molecule is CC.CCC(CCO)c1[nH]c2c(-c3ccccc3)cc(C(C)C)cc2c1CCO.CCc1cc(-c2ccc(F)c(F)c2)cc2c3c([nH]c12)C(CC)(CCO)OCC3. The Bertz CT molecular complexity index is 2220. The number of aryl methyl sites for hydroxylation is 1. The van der Waals surface area contributed by atoms with Gasteiger partial charge in [-0.15, -0.1) is 0 Å². The second-order valence-corrected chi connectivity index (χ2v) is 15.1. The molecule has 0 spiro atoms. The Morgan fingerprint density at radius 1 is 0.772 bits per heavy atom. The Morgan fingerprint density at radius 3 is 2.14 bits per heavy atom. The molecule has 0 saturated heterocycles. The molecular weight excluding hydrogens is 719 g/mol. The summed E-state index contributed by atoms with van der Waals surface area (Å²) in [6.45, 7) is 15.7. The van der Waals surface area contributed by atoms with Gasteiger partial charge in [-0.2, -0.15) is 0 Å². The van der Waals surface area contributed by atoms with Crippen LogP contribution in [0.4, 0.5) is 8.78 Å². The summed E-state index contributed by atoms with van der Waals surface area (Å²) in [7, 11) is 0. The van der Waals surface area contributed by atoms with E-state index in [1.54, 1.807) is 6.07 Å². The maximum atomic E-state index is 13.8. The Kier molecular flexibility index (Phi) is 15.3. The van der Waals surface area contributed by atoms with E-state index in [1.807, 2.05) is 26.0 Å². The second-order valence-electron chi connectivity index (χ2n) is 15.1. The molecule has 2 aromatic heterocycles. The lowest BCUT2D eigenvalue weighted by Gasteiger charge is -2.36. The van der Waals surface area contributed by atoms with Crippen molar-refractivity contribution in [3.05, 3.63) is 118 Å². The van der Waals surface area contributed by atoms with E-state index in [2.05, 4.69) is 87.1 Å². The molecule has 0 amide bonds. The first-order valence-corrected chi connectivity index (χ1v) is 21.0. The van der Waals surface area contributed by atoms with E-state index in [9.17, 15) is 24.1 Å². The first-order chi connectivity index (χ1) is 27.6. The zero-order chi connectivity index (χ0) is 41.3. The number of hydrogen-bond acceptors (Lipinski definition) is 4. The van der Waals surface area contributed by atoms with Crippen LogP contribution in [0.2, 0.25) is 0 Å². The highest BCUT2D eigenvalue weighted by atomic mass is 19.2. The van der Waals surface area contributed by atoms with Crippen LogP contribution in [0, 0.1) is 11.6 Å². The number of H-pyrrole nitrogens is 2. The molecule has 2 atom stereocenters. The van der Waals surface area contributed by atoms with Gasteiger partial charge >= 0.3 is 0 Å². The van der Waals surface area contributed by atoms with Gasteiger partial charge in [0, 0.05) is 59.7 Å². The molecule has 6 nitrogen and oxygen atoms in total. The Morgan fingerprint density at radius 2 is 1.53 bits per heavy atom. The van der Waals surface area contributed by atoms with Crippen LogP contribution in [0.5, 0.6) is 0 Å². The highest BCUT2D eigenvalue weighted by Crippen LogP contribution is 2.43. The third-order valence-electron chi connectivity index (χ3n) is 11.6. The van der Waals surface area contributed by atoms with Crippen molar-refractivity contribution in [2.75, 3.05) is 26.4 Å². The number of rotatable bonds is 13. The number of hydrogen-bond donors (Lipinski definition) is 5.